The largest absolute Gasteiger partial charge is 0.389 e. The van der Waals surface area contributed by atoms with E-state index in [1.165, 1.54) is 6.07 Å². The van der Waals surface area contributed by atoms with E-state index >= 15 is 0 Å². The fourth-order valence-corrected chi connectivity index (χ4v) is 1.68. The summed E-state index contributed by atoms with van der Waals surface area (Å²) >= 11 is 4.94. The Balaban J connectivity index is 2.34. The third-order valence-electron chi connectivity index (χ3n) is 2.51. The smallest absolute Gasteiger partial charge is 0.140 e. The van der Waals surface area contributed by atoms with Crippen LogP contribution in [-0.2, 0) is 0 Å². The highest BCUT2D eigenvalue weighted by Gasteiger charge is 2.07. The maximum Gasteiger partial charge on any atom is 0.140 e. The molecule has 0 radical (unpaired) electrons. The fourth-order valence-electron chi connectivity index (χ4n) is 1.51. The minimum absolute atomic E-state index is 0.248. The molecule has 92 valence electrons. The summed E-state index contributed by atoms with van der Waals surface area (Å²) in [5, 5.41) is 3.00. The number of halogens is 1. The van der Waals surface area contributed by atoms with E-state index < -0.39 is 0 Å². The number of rotatable bonds is 3. The van der Waals surface area contributed by atoms with Crippen LogP contribution in [0.3, 0.4) is 0 Å². The number of hydrogen-bond donors (Lipinski definition) is 2. The number of aryl methyl sites for hydroxylation is 1. The van der Waals surface area contributed by atoms with Crippen molar-refractivity contribution in [2.75, 3.05) is 5.32 Å². The minimum Gasteiger partial charge on any atom is -0.389 e. The summed E-state index contributed by atoms with van der Waals surface area (Å²) in [5.41, 5.74) is 7.43. The van der Waals surface area contributed by atoms with Gasteiger partial charge in [-0.1, -0.05) is 18.3 Å². The Kier molecular flexibility index (Phi) is 3.53. The maximum atomic E-state index is 13.4. The van der Waals surface area contributed by atoms with Gasteiger partial charge in [-0.25, -0.2) is 9.37 Å². The number of nitrogens with two attached hydrogens (primary N) is 1. The van der Waals surface area contributed by atoms with Crippen LogP contribution in [0.2, 0.25) is 0 Å². The van der Waals surface area contributed by atoms with Gasteiger partial charge >= 0.3 is 0 Å². The van der Waals surface area contributed by atoms with E-state index in [4.69, 9.17) is 18.0 Å². The third kappa shape index (κ3) is 2.62. The Morgan fingerprint density at radius 3 is 2.83 bits per heavy atom. The van der Waals surface area contributed by atoms with Crippen LogP contribution < -0.4 is 11.1 Å². The second-order valence-electron chi connectivity index (χ2n) is 3.85. The molecule has 0 spiro atoms. The van der Waals surface area contributed by atoms with Crippen molar-refractivity contribution < 1.29 is 4.39 Å². The van der Waals surface area contributed by atoms with Crippen LogP contribution in [-0.4, -0.2) is 9.97 Å². The van der Waals surface area contributed by atoms with Gasteiger partial charge in [-0.3, -0.25) is 0 Å². The molecule has 0 amide bonds. The molecular weight excluding hydrogens is 249 g/mol. The third-order valence-corrected chi connectivity index (χ3v) is 2.73. The Labute approximate surface area is 110 Å². The maximum absolute atomic E-state index is 13.4. The Morgan fingerprint density at radius 2 is 2.17 bits per heavy atom. The van der Waals surface area contributed by atoms with Crippen molar-refractivity contribution in [3.63, 3.8) is 0 Å². The zero-order valence-corrected chi connectivity index (χ0v) is 10.6. The summed E-state index contributed by atoms with van der Waals surface area (Å²) < 4.78 is 13.4. The number of aromatic nitrogens is 1. The van der Waals surface area contributed by atoms with Gasteiger partial charge in [0.1, 0.15) is 16.6 Å². The first kappa shape index (κ1) is 12.4. The summed E-state index contributed by atoms with van der Waals surface area (Å²) in [6.45, 7) is 1.71. The van der Waals surface area contributed by atoms with Crippen molar-refractivity contribution in [2.24, 2.45) is 5.73 Å². The van der Waals surface area contributed by atoms with Gasteiger partial charge in [0.2, 0.25) is 0 Å². The van der Waals surface area contributed by atoms with Gasteiger partial charge in [-0.15, -0.1) is 0 Å². The van der Waals surface area contributed by atoms with Crippen LogP contribution in [0.25, 0.3) is 0 Å². The Bertz CT molecular complexity index is 599. The molecule has 5 heteroatoms. The Morgan fingerprint density at radius 1 is 1.39 bits per heavy atom. The standard InChI is InChI=1S/C13H12FN3S/c1-8-4-5-9(7-11(8)14)17-13-10(12(15)18)3-2-6-16-13/h2-7H,1H3,(H2,15,18)(H,16,17). The average Bonchev–Trinajstić information content (AvgIpc) is 2.34. The van der Waals surface area contributed by atoms with Crippen LogP contribution in [0, 0.1) is 12.7 Å². The van der Waals surface area contributed by atoms with Crippen molar-refractivity contribution in [2.45, 2.75) is 6.92 Å². The molecule has 18 heavy (non-hydrogen) atoms. The number of pyridine rings is 1. The Hall–Kier alpha value is -2.01. The number of nitrogens with zero attached hydrogens (tertiary/aromatic N) is 1. The van der Waals surface area contributed by atoms with Gasteiger partial charge in [0, 0.05) is 11.9 Å². The van der Waals surface area contributed by atoms with Crippen molar-refractivity contribution in [3.05, 3.63) is 53.5 Å². The van der Waals surface area contributed by atoms with Crippen LogP contribution in [0.1, 0.15) is 11.1 Å². The van der Waals surface area contributed by atoms with Crippen molar-refractivity contribution >= 4 is 28.7 Å². The lowest BCUT2D eigenvalue weighted by Gasteiger charge is -2.10. The van der Waals surface area contributed by atoms with Gasteiger partial charge < -0.3 is 11.1 Å². The first-order valence-corrected chi connectivity index (χ1v) is 5.77. The average molecular weight is 261 g/mol. The lowest BCUT2D eigenvalue weighted by atomic mass is 10.2. The molecule has 0 saturated heterocycles. The topological polar surface area (TPSA) is 50.9 Å². The lowest BCUT2D eigenvalue weighted by molar-refractivity contribution is 0.619. The molecule has 0 aliphatic rings. The van der Waals surface area contributed by atoms with E-state index in [2.05, 4.69) is 10.3 Å². The highest BCUT2D eigenvalue weighted by Crippen LogP contribution is 2.20. The quantitative estimate of drug-likeness (QED) is 0.834. The molecule has 0 bridgehead atoms. The second kappa shape index (κ2) is 5.10. The second-order valence-corrected chi connectivity index (χ2v) is 4.29. The van der Waals surface area contributed by atoms with Gasteiger partial charge in [0.25, 0.3) is 0 Å². The number of hydrogen-bond acceptors (Lipinski definition) is 3. The van der Waals surface area contributed by atoms with Crippen LogP contribution in [0.4, 0.5) is 15.9 Å². The molecule has 0 atom stereocenters. The molecular formula is C13H12FN3S. The van der Waals surface area contributed by atoms with Crippen LogP contribution >= 0.6 is 12.2 Å². The predicted octanol–water partition coefficient (Wildman–Crippen LogP) is 2.91. The SMILES string of the molecule is Cc1ccc(Nc2ncccc2C(N)=S)cc1F. The van der Waals surface area contributed by atoms with E-state index in [-0.39, 0.29) is 10.8 Å². The molecule has 3 nitrogen and oxygen atoms in total. The van der Waals surface area contributed by atoms with Crippen LogP contribution in [0.15, 0.2) is 36.5 Å². The number of nitrogens with one attached hydrogen (secondary N) is 1. The molecule has 0 aliphatic heterocycles. The highest BCUT2D eigenvalue weighted by atomic mass is 32.1. The van der Waals surface area contributed by atoms with Crippen LogP contribution in [0.5, 0.6) is 0 Å². The summed E-state index contributed by atoms with van der Waals surface area (Å²) in [5.74, 6) is 0.251. The first-order chi connectivity index (χ1) is 8.58. The summed E-state index contributed by atoms with van der Waals surface area (Å²) in [4.78, 5) is 4.39. The zero-order chi connectivity index (χ0) is 13.1. The zero-order valence-electron chi connectivity index (χ0n) is 9.77. The number of anilines is 2. The van der Waals surface area contributed by atoms with Crippen molar-refractivity contribution in [1.29, 1.82) is 0 Å². The predicted molar refractivity (Wildman–Crippen MR) is 74.5 cm³/mol. The summed E-state index contributed by atoms with van der Waals surface area (Å²) in [7, 11) is 0. The molecule has 0 fully saturated rings. The normalized spacial score (nSPS) is 10.1. The molecule has 2 rings (SSSR count). The van der Waals surface area contributed by atoms with Gasteiger partial charge in [0.15, 0.2) is 0 Å². The molecule has 3 N–H and O–H groups in total. The van der Waals surface area contributed by atoms with Gasteiger partial charge in [0.05, 0.1) is 5.56 Å². The van der Waals surface area contributed by atoms with Crippen molar-refractivity contribution in [1.82, 2.24) is 4.98 Å². The lowest BCUT2D eigenvalue weighted by Crippen LogP contribution is -2.12. The van der Waals surface area contributed by atoms with Gasteiger partial charge in [-0.2, -0.15) is 0 Å². The molecule has 1 aromatic carbocycles. The highest BCUT2D eigenvalue weighted by molar-refractivity contribution is 7.80. The van der Waals surface area contributed by atoms with E-state index in [1.54, 1.807) is 37.4 Å². The molecule has 1 aromatic heterocycles. The van der Waals surface area contributed by atoms with E-state index in [0.717, 1.165) is 0 Å². The monoisotopic (exact) mass is 261 g/mol. The molecule has 0 saturated carbocycles. The number of thiocarbonyl (C=S) groups is 1. The van der Waals surface area contributed by atoms with Gasteiger partial charge in [-0.05, 0) is 36.8 Å². The molecule has 0 unspecified atom stereocenters. The van der Waals surface area contributed by atoms with E-state index in [9.17, 15) is 4.39 Å². The van der Waals surface area contributed by atoms with E-state index in [0.29, 0.717) is 22.6 Å². The summed E-state index contributed by atoms with van der Waals surface area (Å²) in [6, 6.07) is 8.39. The molecule has 0 aliphatic carbocycles. The summed E-state index contributed by atoms with van der Waals surface area (Å²) in [6.07, 6.45) is 1.62. The molecule has 1 heterocycles. The van der Waals surface area contributed by atoms with Crippen molar-refractivity contribution in [3.8, 4) is 0 Å². The first-order valence-electron chi connectivity index (χ1n) is 5.36. The number of benzene rings is 1. The minimum atomic E-state index is -0.271. The van der Waals surface area contributed by atoms with E-state index in [1.807, 2.05) is 0 Å². The molecule has 2 aromatic rings. The fraction of sp³-hybridized carbons (Fsp3) is 0.0769.